The van der Waals surface area contributed by atoms with Crippen LogP contribution in [0.1, 0.15) is 30.0 Å². The number of piperidine rings is 1. The topological polar surface area (TPSA) is 68.0 Å². The Morgan fingerprint density at radius 3 is 2.52 bits per heavy atom. The van der Waals surface area contributed by atoms with Gasteiger partial charge in [0.2, 0.25) is 5.91 Å². The van der Waals surface area contributed by atoms with Crippen molar-refractivity contribution >= 4 is 5.91 Å². The van der Waals surface area contributed by atoms with Crippen molar-refractivity contribution in [1.82, 2.24) is 9.80 Å². The largest absolute Gasteiger partial charge is 0.493 e. The van der Waals surface area contributed by atoms with E-state index < -0.39 is 0 Å². The molecule has 1 amide bonds. The number of hydrogen-bond acceptors (Lipinski definition) is 5. The number of likely N-dealkylation sites (tertiary alicyclic amines) is 1. The van der Waals surface area contributed by atoms with Crippen LogP contribution < -0.4 is 15.2 Å². The zero-order chi connectivity index (χ0) is 17.6. The maximum Gasteiger partial charge on any atom is 0.228 e. The molecule has 3 aliphatic heterocycles. The Morgan fingerprint density at radius 1 is 1.16 bits per heavy atom. The third kappa shape index (κ3) is 2.77. The van der Waals surface area contributed by atoms with E-state index in [2.05, 4.69) is 17.0 Å². The van der Waals surface area contributed by atoms with Crippen LogP contribution in [0.3, 0.4) is 0 Å². The van der Waals surface area contributed by atoms with Gasteiger partial charge in [0.1, 0.15) is 0 Å². The molecule has 3 aliphatic rings. The highest BCUT2D eigenvalue weighted by Gasteiger charge is 2.42. The lowest BCUT2D eigenvalue weighted by Gasteiger charge is -2.47. The Morgan fingerprint density at radius 2 is 1.88 bits per heavy atom. The van der Waals surface area contributed by atoms with E-state index >= 15 is 0 Å². The average Bonchev–Trinajstić information content (AvgIpc) is 2.58. The number of carbonyl (C=O) groups is 1. The summed E-state index contributed by atoms with van der Waals surface area (Å²) >= 11 is 0. The lowest BCUT2D eigenvalue weighted by atomic mass is 9.80. The highest BCUT2D eigenvalue weighted by Crippen LogP contribution is 2.42. The van der Waals surface area contributed by atoms with Crippen molar-refractivity contribution in [2.75, 3.05) is 40.4 Å². The van der Waals surface area contributed by atoms with E-state index in [9.17, 15) is 4.79 Å². The van der Waals surface area contributed by atoms with Crippen molar-refractivity contribution in [1.29, 1.82) is 0 Å². The van der Waals surface area contributed by atoms with E-state index in [4.69, 9.17) is 15.2 Å². The minimum atomic E-state index is -0.0894. The molecule has 0 bridgehead atoms. The van der Waals surface area contributed by atoms with Gasteiger partial charge in [-0.25, -0.2) is 0 Å². The molecule has 2 saturated heterocycles. The number of methoxy groups -OCH3 is 2. The standard InChI is InChI=1S/C19H27N3O3/c1-24-17-8-12-4-7-22-11-14(19(23)21-5-3-6-21)15(20)10-16(22)13(12)9-18(17)25-2/h8-9,14-16H,3-7,10-11,20H2,1-2H3. The van der Waals surface area contributed by atoms with Gasteiger partial charge < -0.3 is 20.1 Å². The van der Waals surface area contributed by atoms with Crippen molar-refractivity contribution < 1.29 is 14.3 Å². The summed E-state index contributed by atoms with van der Waals surface area (Å²) in [4.78, 5) is 17.1. The SMILES string of the molecule is COc1cc2c(cc1OC)C1CC(N)C(C(=O)N3CCC3)CN1CC2. The molecule has 2 N–H and O–H groups in total. The van der Waals surface area contributed by atoms with E-state index in [0.717, 1.165) is 56.9 Å². The Hall–Kier alpha value is -1.79. The fourth-order valence-electron chi connectivity index (χ4n) is 4.42. The summed E-state index contributed by atoms with van der Waals surface area (Å²) in [5.74, 6) is 1.71. The smallest absolute Gasteiger partial charge is 0.228 e. The first-order valence-corrected chi connectivity index (χ1v) is 9.15. The first kappa shape index (κ1) is 16.7. The van der Waals surface area contributed by atoms with Crippen LogP contribution in [0.5, 0.6) is 11.5 Å². The molecular formula is C19H27N3O3. The highest BCUT2D eigenvalue weighted by molar-refractivity contribution is 5.80. The van der Waals surface area contributed by atoms with E-state index in [1.165, 1.54) is 11.1 Å². The third-order valence-electron chi connectivity index (χ3n) is 6.04. The van der Waals surface area contributed by atoms with Gasteiger partial charge in [0.25, 0.3) is 0 Å². The average molecular weight is 345 g/mol. The molecule has 6 nitrogen and oxygen atoms in total. The van der Waals surface area contributed by atoms with Crippen LogP contribution >= 0.6 is 0 Å². The molecule has 25 heavy (non-hydrogen) atoms. The summed E-state index contributed by atoms with van der Waals surface area (Å²) in [6, 6.07) is 4.36. The van der Waals surface area contributed by atoms with E-state index in [0.29, 0.717) is 0 Å². The molecule has 3 unspecified atom stereocenters. The summed E-state index contributed by atoms with van der Waals surface area (Å²) < 4.78 is 10.9. The van der Waals surface area contributed by atoms with Crippen molar-refractivity contribution in [3.05, 3.63) is 23.3 Å². The number of amides is 1. The molecule has 1 aromatic carbocycles. The van der Waals surface area contributed by atoms with Crippen molar-refractivity contribution in [3.63, 3.8) is 0 Å². The van der Waals surface area contributed by atoms with Crippen molar-refractivity contribution in [2.45, 2.75) is 31.3 Å². The molecule has 0 aliphatic carbocycles. The summed E-state index contributed by atoms with van der Waals surface area (Å²) in [5, 5.41) is 0. The summed E-state index contributed by atoms with van der Waals surface area (Å²) in [6.45, 7) is 3.51. The number of benzene rings is 1. The number of rotatable bonds is 3. The Labute approximate surface area is 148 Å². The molecule has 0 radical (unpaired) electrons. The molecule has 6 heteroatoms. The second kappa shape index (κ2) is 6.50. The lowest BCUT2D eigenvalue weighted by Crippen LogP contribution is -2.58. The predicted octanol–water partition coefficient (Wildman–Crippen LogP) is 1.18. The van der Waals surface area contributed by atoms with Gasteiger partial charge in [0.15, 0.2) is 11.5 Å². The van der Waals surface area contributed by atoms with Crippen LogP contribution in [0.4, 0.5) is 0 Å². The zero-order valence-electron chi connectivity index (χ0n) is 15.0. The Kier molecular flexibility index (Phi) is 4.33. The molecule has 0 saturated carbocycles. The number of hydrogen-bond donors (Lipinski definition) is 1. The van der Waals surface area contributed by atoms with Gasteiger partial charge in [-0.2, -0.15) is 0 Å². The number of carbonyl (C=O) groups excluding carboxylic acids is 1. The van der Waals surface area contributed by atoms with Gasteiger partial charge in [0, 0.05) is 38.3 Å². The zero-order valence-corrected chi connectivity index (χ0v) is 15.0. The number of nitrogens with two attached hydrogens (primary N) is 1. The fourth-order valence-corrected chi connectivity index (χ4v) is 4.42. The molecule has 0 spiro atoms. The quantitative estimate of drug-likeness (QED) is 0.891. The molecule has 4 rings (SSSR count). The van der Waals surface area contributed by atoms with Crippen LogP contribution in [0.2, 0.25) is 0 Å². The predicted molar refractivity (Wildman–Crippen MR) is 94.8 cm³/mol. The lowest BCUT2D eigenvalue weighted by molar-refractivity contribution is -0.142. The summed E-state index contributed by atoms with van der Waals surface area (Å²) in [7, 11) is 3.33. The highest BCUT2D eigenvalue weighted by atomic mass is 16.5. The first-order valence-electron chi connectivity index (χ1n) is 9.15. The third-order valence-corrected chi connectivity index (χ3v) is 6.04. The van der Waals surface area contributed by atoms with Crippen LogP contribution in [0.15, 0.2) is 12.1 Å². The van der Waals surface area contributed by atoms with E-state index in [1.54, 1.807) is 14.2 Å². The molecule has 3 heterocycles. The molecule has 0 aromatic heterocycles. The Bertz CT molecular complexity index is 674. The Balaban J connectivity index is 1.59. The van der Waals surface area contributed by atoms with Gasteiger partial charge in [0.05, 0.1) is 20.1 Å². The first-order chi connectivity index (χ1) is 12.1. The summed E-state index contributed by atoms with van der Waals surface area (Å²) in [5.41, 5.74) is 9.03. The minimum Gasteiger partial charge on any atom is -0.493 e. The van der Waals surface area contributed by atoms with Crippen LogP contribution in [-0.2, 0) is 11.2 Å². The normalized spacial score (nSPS) is 28.6. The molecule has 3 atom stereocenters. The molecule has 2 fully saturated rings. The van der Waals surface area contributed by atoms with Crippen molar-refractivity contribution in [3.8, 4) is 11.5 Å². The molecular weight excluding hydrogens is 318 g/mol. The molecule has 1 aromatic rings. The van der Waals surface area contributed by atoms with Crippen LogP contribution in [0.25, 0.3) is 0 Å². The van der Waals surface area contributed by atoms with Gasteiger partial charge >= 0.3 is 0 Å². The second-order valence-corrected chi connectivity index (χ2v) is 7.35. The van der Waals surface area contributed by atoms with Crippen molar-refractivity contribution in [2.24, 2.45) is 11.7 Å². The van der Waals surface area contributed by atoms with Gasteiger partial charge in [-0.1, -0.05) is 0 Å². The minimum absolute atomic E-state index is 0.0711. The van der Waals surface area contributed by atoms with E-state index in [-0.39, 0.29) is 23.9 Å². The van der Waals surface area contributed by atoms with Crippen LogP contribution in [-0.4, -0.2) is 62.1 Å². The fraction of sp³-hybridized carbons (Fsp3) is 0.632. The number of fused-ring (bicyclic) bond motifs is 3. The number of nitrogens with zero attached hydrogens (tertiary/aromatic N) is 2. The molecule has 136 valence electrons. The van der Waals surface area contributed by atoms with Gasteiger partial charge in [-0.05, 0) is 42.5 Å². The van der Waals surface area contributed by atoms with Gasteiger partial charge in [-0.15, -0.1) is 0 Å². The second-order valence-electron chi connectivity index (χ2n) is 7.35. The summed E-state index contributed by atoms with van der Waals surface area (Å²) in [6.07, 6.45) is 2.90. The maximum atomic E-state index is 12.7. The van der Waals surface area contributed by atoms with Gasteiger partial charge in [-0.3, -0.25) is 9.69 Å². The number of ether oxygens (including phenoxy) is 2. The monoisotopic (exact) mass is 345 g/mol. The van der Waals surface area contributed by atoms with E-state index in [1.807, 2.05) is 4.90 Å². The maximum absolute atomic E-state index is 12.7. The van der Waals surface area contributed by atoms with Crippen LogP contribution in [0, 0.1) is 5.92 Å².